The Labute approximate surface area is 108 Å². The van der Waals surface area contributed by atoms with Crippen molar-refractivity contribution in [1.29, 1.82) is 5.26 Å². The number of benzene rings is 1. The molecule has 0 unspecified atom stereocenters. The van der Waals surface area contributed by atoms with Crippen molar-refractivity contribution in [2.75, 3.05) is 26.3 Å². The van der Waals surface area contributed by atoms with E-state index in [1.54, 1.807) is 0 Å². The van der Waals surface area contributed by atoms with Gasteiger partial charge in [0.1, 0.15) is 5.84 Å². The van der Waals surface area contributed by atoms with Crippen LogP contribution < -0.4 is 0 Å². The summed E-state index contributed by atoms with van der Waals surface area (Å²) in [6.07, 6.45) is 2.61. The molecule has 18 heavy (non-hydrogen) atoms. The lowest BCUT2D eigenvalue weighted by Crippen LogP contribution is -2.41. The first-order chi connectivity index (χ1) is 8.79. The fraction of sp³-hybridized carbons (Fsp3) is 0.429. The van der Waals surface area contributed by atoms with Crippen LogP contribution in [0.15, 0.2) is 29.3 Å². The van der Waals surface area contributed by atoms with Crippen LogP contribution in [0.5, 0.6) is 0 Å². The first-order valence-electron chi connectivity index (χ1n) is 6.13. The van der Waals surface area contributed by atoms with Gasteiger partial charge in [-0.1, -0.05) is 29.8 Å². The molecule has 0 aromatic heterocycles. The molecule has 1 heterocycles. The van der Waals surface area contributed by atoms with Gasteiger partial charge in [-0.3, -0.25) is 0 Å². The minimum absolute atomic E-state index is 0.704. The zero-order valence-corrected chi connectivity index (χ0v) is 10.6. The Morgan fingerprint density at radius 3 is 2.89 bits per heavy atom. The molecule has 0 atom stereocenters. The molecule has 94 valence electrons. The van der Waals surface area contributed by atoms with E-state index in [9.17, 15) is 0 Å². The lowest BCUT2D eigenvalue weighted by Gasteiger charge is -2.29. The third-order valence-electron chi connectivity index (χ3n) is 3.00. The Morgan fingerprint density at radius 2 is 2.22 bits per heavy atom. The molecule has 1 fully saturated rings. The van der Waals surface area contributed by atoms with Gasteiger partial charge < -0.3 is 9.64 Å². The molecular formula is C14H17N3O. The van der Waals surface area contributed by atoms with E-state index in [0.717, 1.165) is 18.9 Å². The van der Waals surface area contributed by atoms with Crippen molar-refractivity contribution in [3.05, 3.63) is 35.4 Å². The number of ether oxygens (including phenoxy) is 1. The van der Waals surface area contributed by atoms with E-state index in [-0.39, 0.29) is 0 Å². The van der Waals surface area contributed by atoms with Crippen LogP contribution in [0.4, 0.5) is 0 Å². The molecule has 0 radical (unpaired) electrons. The Hall–Kier alpha value is -1.86. The molecule has 0 spiro atoms. The maximum atomic E-state index is 8.80. The minimum Gasteiger partial charge on any atom is -0.378 e. The highest BCUT2D eigenvalue weighted by molar-refractivity contribution is 5.85. The van der Waals surface area contributed by atoms with Gasteiger partial charge in [0, 0.05) is 19.5 Å². The highest BCUT2D eigenvalue weighted by Gasteiger charge is 2.15. The SMILES string of the molecule is Cc1cccc(CC(=NC#N)N2CCOCC2)c1. The van der Waals surface area contributed by atoms with Crippen LogP contribution >= 0.6 is 0 Å². The molecule has 1 aromatic rings. The Balaban J connectivity index is 2.11. The Morgan fingerprint density at radius 1 is 1.44 bits per heavy atom. The highest BCUT2D eigenvalue weighted by Crippen LogP contribution is 2.09. The second-order valence-electron chi connectivity index (χ2n) is 4.39. The van der Waals surface area contributed by atoms with Gasteiger partial charge in [-0.25, -0.2) is 0 Å². The van der Waals surface area contributed by atoms with Crippen LogP contribution in [-0.2, 0) is 11.2 Å². The van der Waals surface area contributed by atoms with E-state index in [1.165, 1.54) is 11.1 Å². The molecule has 1 saturated heterocycles. The predicted octanol–water partition coefficient (Wildman–Crippen LogP) is 1.75. The van der Waals surface area contributed by atoms with Crippen LogP contribution in [0.3, 0.4) is 0 Å². The van der Waals surface area contributed by atoms with Crippen LogP contribution in [0, 0.1) is 18.4 Å². The van der Waals surface area contributed by atoms with E-state index < -0.39 is 0 Å². The topological polar surface area (TPSA) is 48.6 Å². The number of amidine groups is 1. The van der Waals surface area contributed by atoms with E-state index in [2.05, 4.69) is 35.0 Å². The molecule has 0 aliphatic carbocycles. The number of aryl methyl sites for hydroxylation is 1. The lowest BCUT2D eigenvalue weighted by atomic mass is 10.1. The first-order valence-corrected chi connectivity index (χ1v) is 6.13. The molecule has 2 rings (SSSR count). The standard InChI is InChI=1S/C14H17N3O/c1-12-3-2-4-13(9-12)10-14(16-11-15)17-5-7-18-8-6-17/h2-4,9H,5-8,10H2,1H3. The summed E-state index contributed by atoms with van der Waals surface area (Å²) in [5.41, 5.74) is 2.42. The van der Waals surface area contributed by atoms with E-state index in [1.807, 2.05) is 12.3 Å². The predicted molar refractivity (Wildman–Crippen MR) is 70.3 cm³/mol. The summed E-state index contributed by atoms with van der Waals surface area (Å²) in [4.78, 5) is 6.10. The number of nitriles is 1. The summed E-state index contributed by atoms with van der Waals surface area (Å²) in [6.45, 7) is 5.11. The summed E-state index contributed by atoms with van der Waals surface area (Å²) < 4.78 is 5.32. The van der Waals surface area contributed by atoms with Gasteiger partial charge in [0.05, 0.1) is 13.2 Å². The third kappa shape index (κ3) is 3.31. The number of nitrogens with zero attached hydrogens (tertiary/aromatic N) is 3. The van der Waals surface area contributed by atoms with Crippen LogP contribution in [-0.4, -0.2) is 37.0 Å². The van der Waals surface area contributed by atoms with Gasteiger partial charge in [-0.05, 0) is 12.5 Å². The number of aliphatic imine (C=N–C) groups is 1. The van der Waals surface area contributed by atoms with Crippen molar-refractivity contribution < 1.29 is 4.74 Å². The van der Waals surface area contributed by atoms with Gasteiger partial charge in [-0.2, -0.15) is 10.3 Å². The number of morpholine rings is 1. The summed E-state index contributed by atoms with van der Waals surface area (Å²) in [5, 5.41) is 8.80. The minimum atomic E-state index is 0.704. The van der Waals surface area contributed by atoms with Gasteiger partial charge in [0.25, 0.3) is 0 Å². The molecule has 0 bridgehead atoms. The van der Waals surface area contributed by atoms with E-state index >= 15 is 0 Å². The lowest BCUT2D eigenvalue weighted by molar-refractivity contribution is 0.0674. The van der Waals surface area contributed by atoms with Gasteiger partial charge in [0.15, 0.2) is 0 Å². The second kappa shape index (κ2) is 6.18. The maximum Gasteiger partial charge on any atom is 0.207 e. The van der Waals surface area contributed by atoms with E-state index in [0.29, 0.717) is 19.6 Å². The van der Waals surface area contributed by atoms with Crippen molar-refractivity contribution in [2.24, 2.45) is 4.99 Å². The molecule has 1 aromatic carbocycles. The average Bonchev–Trinajstić information content (AvgIpc) is 2.39. The van der Waals surface area contributed by atoms with Crippen molar-refractivity contribution >= 4 is 5.84 Å². The normalized spacial score (nSPS) is 16.4. The molecule has 1 aliphatic heterocycles. The molecule has 0 N–H and O–H groups in total. The second-order valence-corrected chi connectivity index (χ2v) is 4.39. The van der Waals surface area contributed by atoms with Crippen molar-refractivity contribution in [1.82, 2.24) is 4.90 Å². The molecule has 1 aliphatic rings. The number of hydrogen-bond acceptors (Lipinski definition) is 3. The molecule has 0 saturated carbocycles. The summed E-state index contributed by atoms with van der Waals surface area (Å²) in [5.74, 6) is 0.839. The summed E-state index contributed by atoms with van der Waals surface area (Å²) in [6, 6.07) is 8.31. The summed E-state index contributed by atoms with van der Waals surface area (Å²) in [7, 11) is 0. The molecule has 4 nitrogen and oxygen atoms in total. The van der Waals surface area contributed by atoms with E-state index in [4.69, 9.17) is 10.00 Å². The fourth-order valence-electron chi connectivity index (χ4n) is 2.11. The van der Waals surface area contributed by atoms with Gasteiger partial charge in [0.2, 0.25) is 6.19 Å². The van der Waals surface area contributed by atoms with Crippen LogP contribution in [0.1, 0.15) is 11.1 Å². The Kier molecular flexibility index (Phi) is 4.32. The third-order valence-corrected chi connectivity index (χ3v) is 3.00. The molecular weight excluding hydrogens is 226 g/mol. The smallest absolute Gasteiger partial charge is 0.207 e. The zero-order chi connectivity index (χ0) is 12.8. The van der Waals surface area contributed by atoms with Crippen molar-refractivity contribution in [3.63, 3.8) is 0 Å². The van der Waals surface area contributed by atoms with Gasteiger partial charge in [-0.15, -0.1) is 0 Å². The fourth-order valence-corrected chi connectivity index (χ4v) is 2.11. The quantitative estimate of drug-likeness (QED) is 0.451. The monoisotopic (exact) mass is 243 g/mol. The summed E-state index contributed by atoms with van der Waals surface area (Å²) >= 11 is 0. The number of rotatable bonds is 2. The average molecular weight is 243 g/mol. The zero-order valence-electron chi connectivity index (χ0n) is 10.6. The maximum absolute atomic E-state index is 8.80. The van der Waals surface area contributed by atoms with Crippen LogP contribution in [0.2, 0.25) is 0 Å². The van der Waals surface area contributed by atoms with Crippen LogP contribution in [0.25, 0.3) is 0 Å². The first kappa shape index (κ1) is 12.6. The molecule has 0 amide bonds. The largest absolute Gasteiger partial charge is 0.378 e. The van der Waals surface area contributed by atoms with Crippen molar-refractivity contribution in [2.45, 2.75) is 13.3 Å². The molecule has 4 heteroatoms. The number of hydrogen-bond donors (Lipinski definition) is 0. The highest BCUT2D eigenvalue weighted by atomic mass is 16.5. The van der Waals surface area contributed by atoms with Crippen molar-refractivity contribution in [3.8, 4) is 6.19 Å². The Bertz CT molecular complexity index is 470. The van der Waals surface area contributed by atoms with Gasteiger partial charge >= 0.3 is 0 Å².